The summed E-state index contributed by atoms with van der Waals surface area (Å²) >= 11 is 0. The third kappa shape index (κ3) is 2.67. The molecule has 2 aromatic heterocycles. The number of aromatic nitrogens is 2. The number of azo groups is 1. The molecular formula is C11H10N4. The average Bonchev–Trinajstić information content (AvgIpc) is 2.30. The van der Waals surface area contributed by atoms with Crippen molar-refractivity contribution in [2.24, 2.45) is 10.2 Å². The lowest BCUT2D eigenvalue weighted by Gasteiger charge is -1.92. The number of rotatable bonds is 2. The van der Waals surface area contributed by atoms with Crippen molar-refractivity contribution in [2.75, 3.05) is 0 Å². The molecule has 0 radical (unpaired) electrons. The Labute approximate surface area is 87.7 Å². The van der Waals surface area contributed by atoms with Crippen molar-refractivity contribution < 1.29 is 0 Å². The molecular weight excluding hydrogens is 188 g/mol. The summed E-state index contributed by atoms with van der Waals surface area (Å²) in [5.41, 5.74) is 2.44. The van der Waals surface area contributed by atoms with Crippen LogP contribution in [0.25, 0.3) is 0 Å². The number of nitrogens with zero attached hydrogens (tertiary/aromatic N) is 4. The number of aryl methyl sites for hydroxylation is 1. The van der Waals surface area contributed by atoms with Gasteiger partial charge in [-0.3, -0.25) is 9.97 Å². The molecule has 74 valence electrons. The molecule has 2 rings (SSSR count). The predicted octanol–water partition coefficient (Wildman–Crippen LogP) is 3.20. The molecule has 0 saturated heterocycles. The molecule has 0 unspecified atom stereocenters. The highest BCUT2D eigenvalue weighted by atomic mass is 15.1. The molecule has 0 fully saturated rings. The SMILES string of the molecule is Cc1ccc(/N=N/c2cccnc2)cn1. The highest BCUT2D eigenvalue weighted by Gasteiger charge is 1.90. The smallest absolute Gasteiger partial charge is 0.104 e. The van der Waals surface area contributed by atoms with Gasteiger partial charge in [0.05, 0.1) is 12.4 Å². The fourth-order valence-corrected chi connectivity index (χ4v) is 1.05. The molecule has 0 atom stereocenters. The van der Waals surface area contributed by atoms with Crippen LogP contribution in [0.3, 0.4) is 0 Å². The number of pyridine rings is 2. The minimum Gasteiger partial charge on any atom is -0.262 e. The Bertz CT molecular complexity index is 448. The van der Waals surface area contributed by atoms with Crippen LogP contribution in [0.4, 0.5) is 11.4 Å². The van der Waals surface area contributed by atoms with Gasteiger partial charge in [-0.05, 0) is 31.2 Å². The quantitative estimate of drug-likeness (QED) is 0.696. The van der Waals surface area contributed by atoms with Gasteiger partial charge in [0.15, 0.2) is 0 Å². The van der Waals surface area contributed by atoms with Crippen molar-refractivity contribution in [3.8, 4) is 0 Å². The van der Waals surface area contributed by atoms with Gasteiger partial charge < -0.3 is 0 Å². The summed E-state index contributed by atoms with van der Waals surface area (Å²) in [6.45, 7) is 1.93. The Morgan fingerprint density at radius 1 is 1.00 bits per heavy atom. The molecule has 0 saturated carbocycles. The van der Waals surface area contributed by atoms with E-state index in [0.717, 1.165) is 17.1 Å². The zero-order valence-corrected chi connectivity index (χ0v) is 8.33. The van der Waals surface area contributed by atoms with Crippen LogP contribution in [0.5, 0.6) is 0 Å². The molecule has 15 heavy (non-hydrogen) atoms. The normalized spacial score (nSPS) is 10.7. The predicted molar refractivity (Wildman–Crippen MR) is 57.4 cm³/mol. The maximum absolute atomic E-state index is 4.12. The lowest BCUT2D eigenvalue weighted by Crippen LogP contribution is -1.75. The van der Waals surface area contributed by atoms with E-state index in [2.05, 4.69) is 20.2 Å². The second kappa shape index (κ2) is 4.41. The highest BCUT2D eigenvalue weighted by molar-refractivity contribution is 5.36. The van der Waals surface area contributed by atoms with Crippen LogP contribution < -0.4 is 0 Å². The van der Waals surface area contributed by atoms with E-state index in [4.69, 9.17) is 0 Å². The first-order valence-electron chi connectivity index (χ1n) is 4.59. The van der Waals surface area contributed by atoms with E-state index < -0.39 is 0 Å². The first kappa shape index (κ1) is 9.45. The van der Waals surface area contributed by atoms with Crippen molar-refractivity contribution in [3.05, 3.63) is 48.5 Å². The van der Waals surface area contributed by atoms with Crippen LogP contribution in [-0.4, -0.2) is 9.97 Å². The molecule has 0 aliphatic rings. The molecule has 2 aromatic rings. The lowest BCUT2D eigenvalue weighted by atomic mass is 10.3. The Morgan fingerprint density at radius 3 is 2.40 bits per heavy atom. The van der Waals surface area contributed by atoms with Crippen molar-refractivity contribution in [1.82, 2.24) is 9.97 Å². The molecule has 0 aliphatic heterocycles. The van der Waals surface area contributed by atoms with Gasteiger partial charge in [-0.1, -0.05) is 0 Å². The molecule has 4 nitrogen and oxygen atoms in total. The summed E-state index contributed by atoms with van der Waals surface area (Å²) in [5, 5.41) is 8.07. The largest absolute Gasteiger partial charge is 0.262 e. The lowest BCUT2D eigenvalue weighted by molar-refractivity contribution is 1.15. The fourth-order valence-electron chi connectivity index (χ4n) is 1.05. The van der Waals surface area contributed by atoms with Gasteiger partial charge in [-0.25, -0.2) is 0 Å². The zero-order valence-electron chi connectivity index (χ0n) is 8.33. The van der Waals surface area contributed by atoms with Crippen LogP contribution in [0.15, 0.2) is 53.1 Å². The van der Waals surface area contributed by atoms with Gasteiger partial charge in [0, 0.05) is 11.9 Å². The number of hydrogen-bond donors (Lipinski definition) is 0. The molecule has 0 aromatic carbocycles. The summed E-state index contributed by atoms with van der Waals surface area (Å²) in [4.78, 5) is 8.06. The molecule has 2 heterocycles. The van der Waals surface area contributed by atoms with Gasteiger partial charge in [0.25, 0.3) is 0 Å². The van der Waals surface area contributed by atoms with Gasteiger partial charge in [-0.15, -0.1) is 10.2 Å². The molecule has 0 bridgehead atoms. The van der Waals surface area contributed by atoms with Gasteiger partial charge in [0.1, 0.15) is 11.4 Å². The van der Waals surface area contributed by atoms with E-state index in [9.17, 15) is 0 Å². The van der Waals surface area contributed by atoms with Crippen LogP contribution in [0, 0.1) is 6.92 Å². The van der Waals surface area contributed by atoms with E-state index in [1.54, 1.807) is 18.6 Å². The second-order valence-electron chi connectivity index (χ2n) is 3.07. The summed E-state index contributed by atoms with van der Waals surface area (Å²) in [6, 6.07) is 7.44. The third-order valence-corrected chi connectivity index (χ3v) is 1.82. The molecule has 0 spiro atoms. The fraction of sp³-hybridized carbons (Fsp3) is 0.0909. The van der Waals surface area contributed by atoms with Gasteiger partial charge in [-0.2, -0.15) is 0 Å². The Kier molecular flexibility index (Phi) is 2.78. The van der Waals surface area contributed by atoms with Gasteiger partial charge >= 0.3 is 0 Å². The molecule has 0 aliphatic carbocycles. The molecule has 0 N–H and O–H groups in total. The van der Waals surface area contributed by atoms with E-state index in [1.165, 1.54) is 0 Å². The van der Waals surface area contributed by atoms with Crippen LogP contribution >= 0.6 is 0 Å². The minimum atomic E-state index is 0.734. The summed E-state index contributed by atoms with van der Waals surface area (Å²) < 4.78 is 0. The summed E-state index contributed by atoms with van der Waals surface area (Å²) in [5.74, 6) is 0. The third-order valence-electron chi connectivity index (χ3n) is 1.82. The van der Waals surface area contributed by atoms with Crippen molar-refractivity contribution >= 4 is 11.4 Å². The van der Waals surface area contributed by atoms with Crippen LogP contribution in [0.2, 0.25) is 0 Å². The van der Waals surface area contributed by atoms with Crippen molar-refractivity contribution in [3.63, 3.8) is 0 Å². The first-order valence-corrected chi connectivity index (χ1v) is 4.59. The monoisotopic (exact) mass is 198 g/mol. The Morgan fingerprint density at radius 2 is 1.80 bits per heavy atom. The first-order chi connectivity index (χ1) is 7.34. The van der Waals surface area contributed by atoms with Crippen molar-refractivity contribution in [1.29, 1.82) is 0 Å². The Balaban J connectivity index is 2.15. The maximum atomic E-state index is 4.12. The zero-order chi connectivity index (χ0) is 10.5. The highest BCUT2D eigenvalue weighted by Crippen LogP contribution is 2.15. The topological polar surface area (TPSA) is 50.5 Å². The van der Waals surface area contributed by atoms with E-state index in [1.807, 2.05) is 31.2 Å². The van der Waals surface area contributed by atoms with Gasteiger partial charge in [0.2, 0.25) is 0 Å². The van der Waals surface area contributed by atoms with E-state index in [0.29, 0.717) is 0 Å². The van der Waals surface area contributed by atoms with Crippen LogP contribution in [0.1, 0.15) is 5.69 Å². The summed E-state index contributed by atoms with van der Waals surface area (Å²) in [6.07, 6.45) is 5.05. The summed E-state index contributed by atoms with van der Waals surface area (Å²) in [7, 11) is 0. The van der Waals surface area contributed by atoms with E-state index in [-0.39, 0.29) is 0 Å². The number of hydrogen-bond acceptors (Lipinski definition) is 4. The van der Waals surface area contributed by atoms with Crippen LogP contribution in [-0.2, 0) is 0 Å². The van der Waals surface area contributed by atoms with E-state index >= 15 is 0 Å². The van der Waals surface area contributed by atoms with Crippen molar-refractivity contribution in [2.45, 2.75) is 6.92 Å². The molecule has 0 amide bonds. The maximum Gasteiger partial charge on any atom is 0.104 e. The Hall–Kier alpha value is -2.10. The average molecular weight is 198 g/mol. The second-order valence-corrected chi connectivity index (χ2v) is 3.07. The molecule has 4 heteroatoms. The standard InChI is InChI=1S/C11H10N4/c1-9-4-5-11(8-13-9)15-14-10-3-2-6-12-7-10/h2-8H,1H3/b15-14+. The minimum absolute atomic E-state index is 0.734.